The number of hydrogen-bond donors (Lipinski definition) is 1. The summed E-state index contributed by atoms with van der Waals surface area (Å²) in [6.45, 7) is 3.78. The molecule has 0 bridgehead atoms. The second-order valence-corrected chi connectivity index (χ2v) is 6.82. The Bertz CT molecular complexity index is 305. The van der Waals surface area contributed by atoms with E-state index in [9.17, 15) is 4.21 Å². The van der Waals surface area contributed by atoms with Crippen molar-refractivity contribution in [2.45, 2.75) is 13.5 Å². The molecule has 0 aliphatic heterocycles. The molecular weight excluding hydrogens is 282 g/mol. The minimum atomic E-state index is -0.691. The maximum atomic E-state index is 10.8. The summed E-state index contributed by atoms with van der Waals surface area (Å²) < 4.78 is 12.0. The Balaban J connectivity index is 2.28. The fourth-order valence-electron chi connectivity index (χ4n) is 1.03. The van der Waals surface area contributed by atoms with Crippen molar-refractivity contribution >= 4 is 38.1 Å². The molecule has 1 heterocycles. The van der Waals surface area contributed by atoms with Crippen LogP contribution in [0.2, 0.25) is 0 Å². The van der Waals surface area contributed by atoms with E-state index in [2.05, 4.69) is 34.2 Å². The third-order valence-corrected chi connectivity index (χ3v) is 4.69. The molecule has 1 aromatic rings. The van der Waals surface area contributed by atoms with Gasteiger partial charge in [-0.15, -0.1) is 11.3 Å². The number of nitrogens with one attached hydrogen (secondary N) is 1. The van der Waals surface area contributed by atoms with Gasteiger partial charge in [0.15, 0.2) is 0 Å². The van der Waals surface area contributed by atoms with Gasteiger partial charge in [-0.05, 0) is 28.9 Å². The molecule has 1 N–H and O–H groups in total. The van der Waals surface area contributed by atoms with E-state index < -0.39 is 10.8 Å². The Labute approximate surface area is 99.7 Å². The zero-order valence-electron chi connectivity index (χ0n) is 8.30. The van der Waals surface area contributed by atoms with E-state index >= 15 is 0 Å². The number of aryl methyl sites for hydroxylation is 1. The van der Waals surface area contributed by atoms with Crippen LogP contribution in [-0.2, 0) is 17.3 Å². The van der Waals surface area contributed by atoms with E-state index in [0.717, 1.165) is 18.8 Å². The molecule has 0 radical (unpaired) electrons. The van der Waals surface area contributed by atoms with E-state index in [1.807, 2.05) is 0 Å². The average molecular weight is 296 g/mol. The highest BCUT2D eigenvalue weighted by atomic mass is 79.9. The molecule has 14 heavy (non-hydrogen) atoms. The fraction of sp³-hybridized carbons (Fsp3) is 0.556. The lowest BCUT2D eigenvalue weighted by atomic mass is 10.4. The molecule has 0 aliphatic rings. The summed E-state index contributed by atoms with van der Waals surface area (Å²) in [6, 6.07) is 2.13. The fourth-order valence-corrected chi connectivity index (χ4v) is 3.04. The van der Waals surface area contributed by atoms with Gasteiger partial charge in [-0.3, -0.25) is 4.21 Å². The van der Waals surface area contributed by atoms with Gasteiger partial charge < -0.3 is 5.32 Å². The first-order valence-electron chi connectivity index (χ1n) is 4.35. The van der Waals surface area contributed by atoms with Crippen molar-refractivity contribution in [2.24, 2.45) is 0 Å². The van der Waals surface area contributed by atoms with Crippen LogP contribution in [0.15, 0.2) is 10.5 Å². The largest absolute Gasteiger partial charge is 0.311 e. The highest BCUT2D eigenvalue weighted by Gasteiger charge is 2.01. The number of hydrogen-bond acceptors (Lipinski definition) is 3. The summed E-state index contributed by atoms with van der Waals surface area (Å²) in [5, 5.41) is 3.27. The maximum absolute atomic E-state index is 10.8. The first-order chi connectivity index (χ1) is 6.59. The predicted octanol–water partition coefficient (Wildman–Crippen LogP) is 2.29. The highest BCUT2D eigenvalue weighted by Crippen LogP contribution is 2.25. The molecule has 0 saturated carbocycles. The topological polar surface area (TPSA) is 29.1 Å². The Morgan fingerprint density at radius 2 is 2.36 bits per heavy atom. The molecule has 0 amide bonds. The van der Waals surface area contributed by atoms with Crippen molar-refractivity contribution in [1.29, 1.82) is 0 Å². The molecule has 80 valence electrons. The quantitative estimate of drug-likeness (QED) is 0.845. The highest BCUT2D eigenvalue weighted by molar-refractivity contribution is 9.10. The molecule has 0 aliphatic carbocycles. The van der Waals surface area contributed by atoms with E-state index in [1.54, 1.807) is 17.6 Å². The van der Waals surface area contributed by atoms with Crippen molar-refractivity contribution in [3.8, 4) is 0 Å². The Kier molecular flexibility index (Phi) is 5.30. The van der Waals surface area contributed by atoms with Crippen molar-refractivity contribution < 1.29 is 4.21 Å². The molecule has 0 spiro atoms. The standard InChI is InChI=1S/C9H14BrNOS2/c1-7-9(10)5-8(13-7)6-11-3-4-14(2)12/h5,11H,3-4,6H2,1-2H3. The van der Waals surface area contributed by atoms with Crippen LogP contribution in [0.3, 0.4) is 0 Å². The van der Waals surface area contributed by atoms with Crippen molar-refractivity contribution in [3.05, 3.63) is 20.3 Å². The summed E-state index contributed by atoms with van der Waals surface area (Å²) in [5.41, 5.74) is 0. The SMILES string of the molecule is Cc1sc(CNCCS(C)=O)cc1Br. The summed E-state index contributed by atoms with van der Waals surface area (Å²) in [6.07, 6.45) is 1.73. The molecule has 1 atom stereocenters. The first-order valence-corrected chi connectivity index (χ1v) is 7.69. The number of thiophene rings is 1. The maximum Gasteiger partial charge on any atom is 0.0357 e. The molecule has 0 aromatic carbocycles. The molecule has 2 nitrogen and oxygen atoms in total. The number of rotatable bonds is 5. The molecular formula is C9H14BrNOS2. The first kappa shape index (κ1) is 12.4. The molecule has 1 unspecified atom stereocenters. The van der Waals surface area contributed by atoms with Crippen LogP contribution in [0, 0.1) is 6.92 Å². The monoisotopic (exact) mass is 295 g/mol. The van der Waals surface area contributed by atoms with Gasteiger partial charge in [-0.1, -0.05) is 0 Å². The second kappa shape index (κ2) is 6.00. The number of halogens is 1. The van der Waals surface area contributed by atoms with Gasteiger partial charge in [0.05, 0.1) is 0 Å². The van der Waals surface area contributed by atoms with Crippen LogP contribution in [0.1, 0.15) is 9.75 Å². The molecule has 1 rings (SSSR count). The van der Waals surface area contributed by atoms with Gasteiger partial charge in [-0.2, -0.15) is 0 Å². The third-order valence-electron chi connectivity index (χ3n) is 1.77. The molecule has 5 heteroatoms. The summed E-state index contributed by atoms with van der Waals surface area (Å²) in [7, 11) is -0.691. The Morgan fingerprint density at radius 1 is 1.64 bits per heavy atom. The van der Waals surface area contributed by atoms with Crippen molar-refractivity contribution in [1.82, 2.24) is 5.32 Å². The van der Waals surface area contributed by atoms with Gasteiger partial charge in [0.1, 0.15) is 0 Å². The van der Waals surface area contributed by atoms with E-state index in [-0.39, 0.29) is 0 Å². The van der Waals surface area contributed by atoms with E-state index in [4.69, 9.17) is 0 Å². The normalized spacial score (nSPS) is 13.1. The summed E-state index contributed by atoms with van der Waals surface area (Å²) in [5.74, 6) is 0.728. The van der Waals surface area contributed by atoms with Crippen LogP contribution in [-0.4, -0.2) is 22.8 Å². The average Bonchev–Trinajstić information content (AvgIpc) is 2.40. The minimum absolute atomic E-state index is 0.691. The lowest BCUT2D eigenvalue weighted by Crippen LogP contribution is -2.18. The van der Waals surface area contributed by atoms with Crippen LogP contribution in [0.25, 0.3) is 0 Å². The Hall–Kier alpha value is 0.290. The van der Waals surface area contributed by atoms with Crippen LogP contribution in [0.5, 0.6) is 0 Å². The zero-order chi connectivity index (χ0) is 10.6. The molecule has 0 fully saturated rings. The van der Waals surface area contributed by atoms with Crippen LogP contribution >= 0.6 is 27.3 Å². The molecule has 1 aromatic heterocycles. The summed E-state index contributed by atoms with van der Waals surface area (Å²) in [4.78, 5) is 2.62. The van der Waals surface area contributed by atoms with Crippen LogP contribution in [0.4, 0.5) is 0 Å². The van der Waals surface area contributed by atoms with Gasteiger partial charge in [-0.25, -0.2) is 0 Å². The zero-order valence-corrected chi connectivity index (χ0v) is 11.5. The van der Waals surface area contributed by atoms with E-state index in [0.29, 0.717) is 0 Å². The predicted molar refractivity (Wildman–Crippen MR) is 67.4 cm³/mol. The Morgan fingerprint density at radius 3 is 2.86 bits per heavy atom. The lowest BCUT2D eigenvalue weighted by molar-refractivity contribution is 0.678. The van der Waals surface area contributed by atoms with Gasteiger partial charge >= 0.3 is 0 Å². The smallest absolute Gasteiger partial charge is 0.0357 e. The van der Waals surface area contributed by atoms with E-state index in [1.165, 1.54) is 14.2 Å². The van der Waals surface area contributed by atoms with Gasteiger partial charge in [0.25, 0.3) is 0 Å². The second-order valence-electron chi connectivity index (χ2n) is 3.07. The van der Waals surface area contributed by atoms with Crippen LogP contribution < -0.4 is 5.32 Å². The van der Waals surface area contributed by atoms with Gasteiger partial charge in [0, 0.05) is 50.1 Å². The van der Waals surface area contributed by atoms with Crippen molar-refractivity contribution in [2.75, 3.05) is 18.6 Å². The molecule has 0 saturated heterocycles. The summed E-state index contributed by atoms with van der Waals surface area (Å²) >= 11 is 5.27. The van der Waals surface area contributed by atoms with Crippen molar-refractivity contribution in [3.63, 3.8) is 0 Å². The third kappa shape index (κ3) is 4.21. The minimum Gasteiger partial charge on any atom is -0.311 e. The lowest BCUT2D eigenvalue weighted by Gasteiger charge is -2.00. The van der Waals surface area contributed by atoms with Gasteiger partial charge in [0.2, 0.25) is 0 Å².